The highest BCUT2D eigenvalue weighted by Crippen LogP contribution is 2.29. The van der Waals surface area contributed by atoms with Gasteiger partial charge in [-0.25, -0.2) is 8.42 Å². The van der Waals surface area contributed by atoms with Crippen molar-refractivity contribution in [2.75, 3.05) is 30.8 Å². The first kappa shape index (κ1) is 23.3. The summed E-state index contributed by atoms with van der Waals surface area (Å²) >= 11 is 1.50. The maximum absolute atomic E-state index is 12.8. The van der Waals surface area contributed by atoms with Crippen molar-refractivity contribution in [1.82, 2.24) is 4.31 Å². The quantitative estimate of drug-likeness (QED) is 0.576. The molecule has 2 rings (SSSR count). The number of hydrogen-bond acceptors (Lipinski definition) is 5. The first-order valence-electron chi connectivity index (χ1n) is 9.60. The van der Waals surface area contributed by atoms with Crippen molar-refractivity contribution >= 4 is 33.4 Å². The number of amides is 1. The van der Waals surface area contributed by atoms with Crippen LogP contribution in [0.25, 0.3) is 0 Å². The smallest absolute Gasteiger partial charge is 0.243 e. The molecule has 0 aliphatic rings. The van der Waals surface area contributed by atoms with Crippen LogP contribution in [0.1, 0.15) is 26.3 Å². The van der Waals surface area contributed by atoms with Gasteiger partial charge in [0.25, 0.3) is 0 Å². The zero-order chi connectivity index (χ0) is 21.3. The van der Waals surface area contributed by atoms with E-state index >= 15 is 0 Å². The van der Waals surface area contributed by atoms with E-state index in [-0.39, 0.29) is 16.6 Å². The molecule has 0 spiro atoms. The molecule has 0 bridgehead atoms. The van der Waals surface area contributed by atoms with Gasteiger partial charge in [0.2, 0.25) is 15.9 Å². The zero-order valence-corrected chi connectivity index (χ0v) is 18.7. The number of hydrogen-bond donors (Lipinski definition) is 1. The Labute approximate surface area is 177 Å². The molecule has 6 nitrogen and oxygen atoms in total. The van der Waals surface area contributed by atoms with E-state index in [9.17, 15) is 13.2 Å². The molecule has 0 aromatic heterocycles. The molecule has 1 N–H and O–H groups in total. The summed E-state index contributed by atoms with van der Waals surface area (Å²) in [5, 5.41) is 2.80. The van der Waals surface area contributed by atoms with E-state index in [1.54, 1.807) is 19.9 Å². The fraction of sp³-hybridized carbons (Fsp3) is 0.381. The Morgan fingerprint density at radius 3 is 2.38 bits per heavy atom. The van der Waals surface area contributed by atoms with Gasteiger partial charge in [-0.15, -0.1) is 11.8 Å². The second-order valence-corrected chi connectivity index (χ2v) is 9.13. The number of nitrogens with zero attached hydrogens (tertiary/aromatic N) is 1. The Kier molecular flexibility index (Phi) is 9.00. The first-order chi connectivity index (χ1) is 13.9. The predicted octanol–water partition coefficient (Wildman–Crippen LogP) is 3.99. The van der Waals surface area contributed by atoms with Gasteiger partial charge < -0.3 is 10.1 Å². The maximum Gasteiger partial charge on any atom is 0.243 e. The van der Waals surface area contributed by atoms with Gasteiger partial charge in [-0.1, -0.05) is 44.2 Å². The molecule has 0 aliphatic carbocycles. The zero-order valence-electron chi connectivity index (χ0n) is 17.1. The molecule has 2 aromatic carbocycles. The summed E-state index contributed by atoms with van der Waals surface area (Å²) in [4.78, 5) is 12.6. The van der Waals surface area contributed by atoms with Crippen molar-refractivity contribution in [1.29, 1.82) is 0 Å². The Bertz CT molecular complexity index is 898. The monoisotopic (exact) mass is 436 g/mol. The van der Waals surface area contributed by atoms with Crippen LogP contribution in [0, 0.1) is 0 Å². The first-order valence-corrected chi connectivity index (χ1v) is 12.2. The minimum Gasteiger partial charge on any atom is -0.492 e. The van der Waals surface area contributed by atoms with E-state index in [2.05, 4.69) is 5.32 Å². The van der Waals surface area contributed by atoms with E-state index in [1.165, 1.54) is 28.2 Å². The number of benzene rings is 2. The molecule has 0 saturated carbocycles. The highest BCUT2D eigenvalue weighted by atomic mass is 32.2. The number of sulfonamides is 1. The lowest BCUT2D eigenvalue weighted by atomic mass is 10.2. The molecule has 0 unspecified atom stereocenters. The van der Waals surface area contributed by atoms with Crippen molar-refractivity contribution in [3.63, 3.8) is 0 Å². The second kappa shape index (κ2) is 11.2. The lowest BCUT2D eigenvalue weighted by Gasteiger charge is -2.20. The third kappa shape index (κ3) is 6.48. The average molecular weight is 437 g/mol. The second-order valence-electron chi connectivity index (χ2n) is 6.21. The van der Waals surface area contributed by atoms with Gasteiger partial charge in [-0.2, -0.15) is 4.31 Å². The van der Waals surface area contributed by atoms with Crippen LogP contribution in [0.15, 0.2) is 53.4 Å². The number of carbonyl (C=O) groups is 1. The highest BCUT2D eigenvalue weighted by Gasteiger charge is 2.23. The molecule has 0 saturated heterocycles. The Morgan fingerprint density at radius 2 is 1.76 bits per heavy atom. The average Bonchev–Trinajstić information content (AvgIpc) is 2.71. The normalized spacial score (nSPS) is 11.4. The molecule has 0 atom stereocenters. The van der Waals surface area contributed by atoms with Crippen LogP contribution in [0.5, 0.6) is 5.75 Å². The minimum atomic E-state index is -3.62. The van der Waals surface area contributed by atoms with Crippen LogP contribution in [0.2, 0.25) is 0 Å². The number of rotatable bonds is 11. The third-order valence-electron chi connectivity index (χ3n) is 4.21. The number of anilines is 1. The number of nitrogens with one attached hydrogen (secondary N) is 1. The lowest BCUT2D eigenvalue weighted by molar-refractivity contribution is -0.113. The molecule has 8 heteroatoms. The molecule has 0 heterocycles. The van der Waals surface area contributed by atoms with E-state index < -0.39 is 10.0 Å². The van der Waals surface area contributed by atoms with Crippen molar-refractivity contribution in [3.05, 3.63) is 54.1 Å². The predicted molar refractivity (Wildman–Crippen MR) is 119 cm³/mol. The molecular weight excluding hydrogens is 408 g/mol. The Balaban J connectivity index is 2.13. The van der Waals surface area contributed by atoms with E-state index in [1.807, 2.05) is 37.3 Å². The topological polar surface area (TPSA) is 75.7 Å². The van der Waals surface area contributed by atoms with Crippen molar-refractivity contribution in [2.24, 2.45) is 0 Å². The maximum atomic E-state index is 12.8. The highest BCUT2D eigenvalue weighted by molar-refractivity contribution is 7.99. The lowest BCUT2D eigenvalue weighted by Crippen LogP contribution is -2.30. The number of ether oxygens (including phenoxy) is 1. The van der Waals surface area contributed by atoms with E-state index in [4.69, 9.17) is 4.74 Å². The van der Waals surface area contributed by atoms with Gasteiger partial charge in [0.1, 0.15) is 5.75 Å². The Morgan fingerprint density at radius 1 is 1.07 bits per heavy atom. The molecule has 0 aliphatic heterocycles. The van der Waals surface area contributed by atoms with Gasteiger partial charge in [0.15, 0.2) is 0 Å². The minimum absolute atomic E-state index is 0.136. The van der Waals surface area contributed by atoms with Gasteiger partial charge >= 0.3 is 0 Å². The molecule has 1 amide bonds. The van der Waals surface area contributed by atoms with E-state index in [0.29, 0.717) is 31.1 Å². The van der Waals surface area contributed by atoms with Crippen LogP contribution in [-0.4, -0.2) is 44.1 Å². The molecule has 0 fully saturated rings. The molecular formula is C21H28N2O4S2. The Hall–Kier alpha value is -2.03. The van der Waals surface area contributed by atoms with Crippen LogP contribution in [0.3, 0.4) is 0 Å². The van der Waals surface area contributed by atoms with Crippen molar-refractivity contribution in [3.8, 4) is 5.75 Å². The summed E-state index contributed by atoms with van der Waals surface area (Å²) in [6.07, 6.45) is 0. The summed E-state index contributed by atoms with van der Waals surface area (Å²) in [6.45, 7) is 6.59. The molecule has 2 aromatic rings. The van der Waals surface area contributed by atoms with E-state index in [0.717, 1.165) is 11.3 Å². The molecule has 29 heavy (non-hydrogen) atoms. The van der Waals surface area contributed by atoms with Gasteiger partial charge in [0.05, 0.1) is 22.9 Å². The summed E-state index contributed by atoms with van der Waals surface area (Å²) in [7, 11) is -3.62. The number of carbonyl (C=O) groups excluding carboxylic acids is 1. The van der Waals surface area contributed by atoms with Gasteiger partial charge in [-0.05, 0) is 30.7 Å². The largest absolute Gasteiger partial charge is 0.492 e. The SMILES string of the molecule is CCOc1ccc(S(=O)(=O)N(CC)CC)cc1NC(=O)CSCc1ccccc1. The standard InChI is InChI=1S/C21H28N2O4S2/c1-4-23(5-2)29(25,26)18-12-13-20(27-6-3)19(14-18)22-21(24)16-28-15-17-10-8-7-9-11-17/h7-14H,4-6,15-16H2,1-3H3,(H,22,24). The summed E-state index contributed by atoms with van der Waals surface area (Å²) in [5.41, 5.74) is 1.51. The van der Waals surface area contributed by atoms with Crippen LogP contribution in [0.4, 0.5) is 5.69 Å². The summed E-state index contributed by atoms with van der Waals surface area (Å²) < 4.78 is 32.5. The number of thioether (sulfide) groups is 1. The fourth-order valence-corrected chi connectivity index (χ4v) is 5.06. The van der Waals surface area contributed by atoms with Crippen molar-refractivity contribution < 1.29 is 17.9 Å². The molecule has 0 radical (unpaired) electrons. The van der Waals surface area contributed by atoms with Gasteiger partial charge in [0, 0.05) is 18.8 Å². The summed E-state index contributed by atoms with van der Waals surface area (Å²) in [6, 6.07) is 14.5. The van der Waals surface area contributed by atoms with Crippen LogP contribution in [-0.2, 0) is 20.6 Å². The van der Waals surface area contributed by atoms with Gasteiger partial charge in [-0.3, -0.25) is 4.79 Å². The third-order valence-corrected chi connectivity index (χ3v) is 7.26. The molecule has 158 valence electrons. The summed E-state index contributed by atoms with van der Waals surface area (Å²) in [5.74, 6) is 1.23. The van der Waals surface area contributed by atoms with Crippen LogP contribution >= 0.6 is 11.8 Å². The fourth-order valence-electron chi connectivity index (χ4n) is 2.78. The van der Waals surface area contributed by atoms with Crippen LogP contribution < -0.4 is 10.1 Å². The van der Waals surface area contributed by atoms with Crippen molar-refractivity contribution in [2.45, 2.75) is 31.4 Å².